The summed E-state index contributed by atoms with van der Waals surface area (Å²) in [6, 6.07) is 14.7. The van der Waals surface area contributed by atoms with Crippen molar-refractivity contribution < 1.29 is 9.18 Å². The van der Waals surface area contributed by atoms with Gasteiger partial charge in [-0.2, -0.15) is 0 Å². The molecule has 1 saturated carbocycles. The number of benzene rings is 2. The fraction of sp³-hybridized carbons (Fsp3) is 0.381. The standard InChI is InChI=1S/C21H21ClFNO/c22-20-6-2-1-4-15(20)12-17-5-3-11-24(17)21(25)19-13-18(19)14-7-9-16(23)10-8-14/h1-2,4,6-10,17-19H,3,5,11-13H2. The van der Waals surface area contributed by atoms with Gasteiger partial charge in [0.05, 0.1) is 0 Å². The summed E-state index contributed by atoms with van der Waals surface area (Å²) in [5.74, 6) is 0.322. The predicted molar refractivity (Wildman–Crippen MR) is 97.1 cm³/mol. The van der Waals surface area contributed by atoms with Crippen molar-refractivity contribution in [1.29, 1.82) is 0 Å². The van der Waals surface area contributed by atoms with Crippen LogP contribution in [-0.2, 0) is 11.2 Å². The zero-order valence-electron chi connectivity index (χ0n) is 14.0. The average molecular weight is 358 g/mol. The highest BCUT2D eigenvalue weighted by atomic mass is 35.5. The van der Waals surface area contributed by atoms with Crippen molar-refractivity contribution in [2.24, 2.45) is 5.92 Å². The van der Waals surface area contributed by atoms with Crippen LogP contribution in [-0.4, -0.2) is 23.4 Å². The van der Waals surface area contributed by atoms with Crippen molar-refractivity contribution >= 4 is 17.5 Å². The second-order valence-corrected chi connectivity index (χ2v) is 7.53. The molecule has 3 unspecified atom stereocenters. The Labute approximate surface area is 152 Å². The maximum Gasteiger partial charge on any atom is 0.226 e. The molecule has 0 N–H and O–H groups in total. The topological polar surface area (TPSA) is 20.3 Å². The molecule has 1 saturated heterocycles. The number of amides is 1. The number of rotatable bonds is 4. The van der Waals surface area contributed by atoms with Gasteiger partial charge in [-0.1, -0.05) is 41.9 Å². The Morgan fingerprint density at radius 3 is 2.68 bits per heavy atom. The van der Waals surface area contributed by atoms with Crippen LogP contribution >= 0.6 is 11.6 Å². The number of carbonyl (C=O) groups is 1. The fourth-order valence-electron chi connectivity index (χ4n) is 4.02. The average Bonchev–Trinajstić information content (AvgIpc) is 3.28. The summed E-state index contributed by atoms with van der Waals surface area (Å²) in [6.45, 7) is 0.834. The van der Waals surface area contributed by atoms with E-state index in [0.717, 1.165) is 48.4 Å². The first-order valence-corrected chi connectivity index (χ1v) is 9.30. The molecule has 0 bridgehead atoms. The molecule has 4 rings (SSSR count). The molecule has 130 valence electrons. The summed E-state index contributed by atoms with van der Waals surface area (Å²) in [5.41, 5.74) is 2.18. The van der Waals surface area contributed by atoms with E-state index in [1.807, 2.05) is 24.3 Å². The van der Waals surface area contributed by atoms with Crippen molar-refractivity contribution in [2.75, 3.05) is 6.54 Å². The lowest BCUT2D eigenvalue weighted by Gasteiger charge is -2.25. The molecule has 1 heterocycles. The molecule has 1 aliphatic carbocycles. The van der Waals surface area contributed by atoms with Crippen LogP contribution in [0.5, 0.6) is 0 Å². The van der Waals surface area contributed by atoms with E-state index in [-0.39, 0.29) is 29.6 Å². The van der Waals surface area contributed by atoms with Gasteiger partial charge in [0.15, 0.2) is 0 Å². The monoisotopic (exact) mass is 357 g/mol. The van der Waals surface area contributed by atoms with E-state index >= 15 is 0 Å². The maximum atomic E-state index is 13.1. The molecule has 2 aliphatic rings. The molecule has 25 heavy (non-hydrogen) atoms. The van der Waals surface area contributed by atoms with Gasteiger partial charge in [-0.05, 0) is 60.9 Å². The summed E-state index contributed by atoms with van der Waals surface area (Å²) in [5, 5.41) is 0.775. The van der Waals surface area contributed by atoms with E-state index in [0.29, 0.717) is 0 Å². The normalized spacial score (nSPS) is 25.2. The summed E-state index contributed by atoms with van der Waals surface area (Å²) in [6.07, 6.45) is 3.78. The Bertz CT molecular complexity index is 776. The van der Waals surface area contributed by atoms with E-state index in [9.17, 15) is 9.18 Å². The van der Waals surface area contributed by atoms with Crippen molar-refractivity contribution in [2.45, 2.75) is 37.6 Å². The largest absolute Gasteiger partial charge is 0.339 e. The Morgan fingerprint density at radius 2 is 1.92 bits per heavy atom. The van der Waals surface area contributed by atoms with E-state index in [1.165, 1.54) is 12.1 Å². The Balaban J connectivity index is 1.43. The van der Waals surface area contributed by atoms with Crippen LogP contribution in [0.25, 0.3) is 0 Å². The van der Waals surface area contributed by atoms with Gasteiger partial charge in [0, 0.05) is 23.5 Å². The lowest BCUT2D eigenvalue weighted by atomic mass is 10.0. The molecule has 2 aromatic carbocycles. The Kier molecular flexibility index (Phi) is 4.51. The van der Waals surface area contributed by atoms with E-state index in [1.54, 1.807) is 12.1 Å². The van der Waals surface area contributed by atoms with Gasteiger partial charge in [0.1, 0.15) is 5.82 Å². The molecule has 0 radical (unpaired) electrons. The predicted octanol–water partition coefficient (Wildman–Crippen LogP) is 4.82. The van der Waals surface area contributed by atoms with Crippen molar-refractivity contribution in [3.63, 3.8) is 0 Å². The number of hydrogen-bond donors (Lipinski definition) is 0. The minimum absolute atomic E-state index is 0.0531. The first-order valence-electron chi connectivity index (χ1n) is 8.93. The minimum Gasteiger partial charge on any atom is -0.339 e. The Morgan fingerprint density at radius 1 is 1.16 bits per heavy atom. The summed E-state index contributed by atoms with van der Waals surface area (Å²) in [7, 11) is 0. The molecule has 4 heteroatoms. The smallest absolute Gasteiger partial charge is 0.226 e. The van der Waals surface area contributed by atoms with Crippen LogP contribution < -0.4 is 0 Å². The molecule has 1 aliphatic heterocycles. The Hall–Kier alpha value is -1.87. The molecular formula is C21H21ClFNO. The first-order chi connectivity index (χ1) is 12.1. The van der Waals surface area contributed by atoms with Crippen LogP contribution in [0, 0.1) is 11.7 Å². The van der Waals surface area contributed by atoms with Crippen LogP contribution in [0.4, 0.5) is 4.39 Å². The fourth-order valence-corrected chi connectivity index (χ4v) is 4.23. The number of hydrogen-bond acceptors (Lipinski definition) is 1. The van der Waals surface area contributed by atoms with Gasteiger partial charge >= 0.3 is 0 Å². The molecule has 1 amide bonds. The third-order valence-corrected chi connectivity index (χ3v) is 5.85. The van der Waals surface area contributed by atoms with E-state index in [4.69, 9.17) is 11.6 Å². The second kappa shape index (κ2) is 6.80. The number of carbonyl (C=O) groups excluding carboxylic acids is 1. The number of halogens is 2. The third-order valence-electron chi connectivity index (χ3n) is 5.48. The van der Waals surface area contributed by atoms with E-state index < -0.39 is 0 Å². The maximum absolute atomic E-state index is 13.1. The highest BCUT2D eigenvalue weighted by Gasteiger charge is 2.47. The van der Waals surface area contributed by atoms with Gasteiger partial charge in [-0.25, -0.2) is 4.39 Å². The quantitative estimate of drug-likeness (QED) is 0.768. The van der Waals surface area contributed by atoms with Gasteiger partial charge in [-0.15, -0.1) is 0 Å². The zero-order valence-corrected chi connectivity index (χ0v) is 14.8. The highest BCUT2D eigenvalue weighted by Crippen LogP contribution is 2.49. The van der Waals surface area contributed by atoms with Gasteiger partial charge in [-0.3, -0.25) is 4.79 Å². The van der Waals surface area contributed by atoms with E-state index in [2.05, 4.69) is 4.90 Å². The van der Waals surface area contributed by atoms with Gasteiger partial charge < -0.3 is 4.90 Å². The summed E-state index contributed by atoms with van der Waals surface area (Å²) in [4.78, 5) is 15.0. The molecule has 2 nitrogen and oxygen atoms in total. The SMILES string of the molecule is O=C(C1CC1c1ccc(F)cc1)N1CCCC1Cc1ccccc1Cl. The minimum atomic E-state index is -0.230. The third kappa shape index (κ3) is 3.43. The van der Waals surface area contributed by atoms with Crippen LogP contribution in [0.2, 0.25) is 5.02 Å². The highest BCUT2D eigenvalue weighted by molar-refractivity contribution is 6.31. The lowest BCUT2D eigenvalue weighted by molar-refractivity contribution is -0.133. The van der Waals surface area contributed by atoms with Gasteiger partial charge in [0.2, 0.25) is 5.91 Å². The molecule has 0 spiro atoms. The number of nitrogens with zero attached hydrogens (tertiary/aromatic N) is 1. The molecule has 2 aromatic rings. The van der Waals surface area contributed by atoms with Crippen molar-refractivity contribution in [3.8, 4) is 0 Å². The van der Waals surface area contributed by atoms with Crippen molar-refractivity contribution in [3.05, 3.63) is 70.5 Å². The molecular weight excluding hydrogens is 337 g/mol. The second-order valence-electron chi connectivity index (χ2n) is 7.12. The van der Waals surface area contributed by atoms with Gasteiger partial charge in [0.25, 0.3) is 0 Å². The summed E-state index contributed by atoms with van der Waals surface area (Å²) >= 11 is 6.29. The van der Waals surface area contributed by atoms with Crippen LogP contribution in [0.15, 0.2) is 48.5 Å². The molecule has 2 fully saturated rings. The van der Waals surface area contributed by atoms with Crippen LogP contribution in [0.1, 0.15) is 36.3 Å². The van der Waals surface area contributed by atoms with Crippen molar-refractivity contribution in [1.82, 2.24) is 4.90 Å². The number of likely N-dealkylation sites (tertiary alicyclic amines) is 1. The van der Waals surface area contributed by atoms with Crippen LogP contribution in [0.3, 0.4) is 0 Å². The summed E-state index contributed by atoms with van der Waals surface area (Å²) < 4.78 is 13.1. The lowest BCUT2D eigenvalue weighted by Crippen LogP contribution is -2.38. The molecule has 3 atom stereocenters. The zero-order chi connectivity index (χ0) is 17.4. The first kappa shape index (κ1) is 16.6. The molecule has 0 aromatic heterocycles.